The van der Waals surface area contributed by atoms with Crippen molar-refractivity contribution in [3.8, 4) is 11.5 Å². The van der Waals surface area contributed by atoms with Gasteiger partial charge in [0.2, 0.25) is 0 Å². The minimum Gasteiger partial charge on any atom is -0.454 e. The van der Waals surface area contributed by atoms with Gasteiger partial charge in [0, 0.05) is 23.0 Å². The van der Waals surface area contributed by atoms with Crippen molar-refractivity contribution >= 4 is 33.2 Å². The Morgan fingerprint density at radius 2 is 2.05 bits per heavy atom. The number of nitrogens with zero attached hydrogens (tertiary/aromatic N) is 1. The standard InChI is InChI=1S/C13H8BrClFNO3/c14-7-8-6-9(17(18)19)4-5-11(8)20-12-3-1-2-10(15)13(12)16/h1-6H,7H2. The lowest BCUT2D eigenvalue weighted by molar-refractivity contribution is -0.384. The number of nitro groups is 1. The number of benzene rings is 2. The molecule has 0 N–H and O–H groups in total. The van der Waals surface area contributed by atoms with Gasteiger partial charge in [-0.25, -0.2) is 4.39 Å². The van der Waals surface area contributed by atoms with Gasteiger partial charge < -0.3 is 4.74 Å². The third-order valence-electron chi connectivity index (χ3n) is 2.53. The topological polar surface area (TPSA) is 52.4 Å². The molecule has 0 bridgehead atoms. The molecule has 0 saturated heterocycles. The number of non-ortho nitro benzene ring substituents is 1. The molecule has 0 heterocycles. The molecule has 0 unspecified atom stereocenters. The summed E-state index contributed by atoms with van der Waals surface area (Å²) in [5.74, 6) is -0.379. The first-order chi connectivity index (χ1) is 9.52. The van der Waals surface area contributed by atoms with Crippen LogP contribution in [0.1, 0.15) is 5.56 Å². The number of halogens is 3. The van der Waals surface area contributed by atoms with E-state index in [0.29, 0.717) is 16.6 Å². The highest BCUT2D eigenvalue weighted by Crippen LogP contribution is 2.33. The molecule has 7 heteroatoms. The summed E-state index contributed by atoms with van der Waals surface area (Å²) in [4.78, 5) is 10.2. The zero-order chi connectivity index (χ0) is 14.7. The fourth-order valence-electron chi connectivity index (χ4n) is 1.56. The third-order valence-corrected chi connectivity index (χ3v) is 3.43. The molecule has 2 rings (SSSR count). The number of hydrogen-bond donors (Lipinski definition) is 0. The van der Waals surface area contributed by atoms with Crippen molar-refractivity contribution < 1.29 is 14.1 Å². The first-order valence-corrected chi connectivity index (χ1v) is 6.98. The third kappa shape index (κ3) is 3.08. The molecule has 104 valence electrons. The molecule has 0 radical (unpaired) electrons. The number of alkyl halides is 1. The second-order valence-corrected chi connectivity index (χ2v) is 4.80. The summed E-state index contributed by atoms with van der Waals surface area (Å²) >= 11 is 8.88. The highest BCUT2D eigenvalue weighted by Gasteiger charge is 2.14. The Labute approximate surface area is 127 Å². The molecule has 0 aromatic heterocycles. The molecular weight excluding hydrogens is 353 g/mol. The van der Waals surface area contributed by atoms with Gasteiger partial charge in [-0.15, -0.1) is 0 Å². The predicted molar refractivity (Wildman–Crippen MR) is 77.2 cm³/mol. The average molecular weight is 361 g/mol. The van der Waals surface area contributed by atoms with Crippen LogP contribution in [-0.4, -0.2) is 4.92 Å². The van der Waals surface area contributed by atoms with Gasteiger partial charge >= 0.3 is 0 Å². The van der Waals surface area contributed by atoms with E-state index < -0.39 is 10.7 Å². The van der Waals surface area contributed by atoms with Gasteiger partial charge in [0.15, 0.2) is 11.6 Å². The van der Waals surface area contributed by atoms with E-state index in [9.17, 15) is 14.5 Å². The lowest BCUT2D eigenvalue weighted by Crippen LogP contribution is -1.95. The summed E-state index contributed by atoms with van der Waals surface area (Å²) < 4.78 is 19.2. The van der Waals surface area contributed by atoms with Crippen molar-refractivity contribution in [2.24, 2.45) is 0 Å². The summed E-state index contributed by atoms with van der Waals surface area (Å²) in [6.45, 7) is 0. The summed E-state index contributed by atoms with van der Waals surface area (Å²) in [5, 5.41) is 11.0. The van der Waals surface area contributed by atoms with Gasteiger partial charge in [-0.2, -0.15) is 0 Å². The largest absolute Gasteiger partial charge is 0.454 e. The summed E-state index contributed by atoms with van der Waals surface area (Å²) in [7, 11) is 0. The van der Waals surface area contributed by atoms with E-state index in [0.717, 1.165) is 0 Å². The lowest BCUT2D eigenvalue weighted by atomic mass is 10.2. The van der Waals surface area contributed by atoms with E-state index in [1.807, 2.05) is 0 Å². The van der Waals surface area contributed by atoms with Crippen molar-refractivity contribution in [1.29, 1.82) is 0 Å². The monoisotopic (exact) mass is 359 g/mol. The smallest absolute Gasteiger partial charge is 0.270 e. The molecule has 2 aromatic rings. The minimum absolute atomic E-state index is 0.0337. The SMILES string of the molecule is O=[N+]([O-])c1ccc(Oc2cccc(Cl)c2F)c(CBr)c1. The van der Waals surface area contributed by atoms with Gasteiger partial charge in [-0.3, -0.25) is 10.1 Å². The molecule has 0 aliphatic carbocycles. The Kier molecular flexibility index (Phi) is 4.57. The Morgan fingerprint density at radius 1 is 1.30 bits per heavy atom. The Balaban J connectivity index is 2.38. The van der Waals surface area contributed by atoms with E-state index in [4.69, 9.17) is 16.3 Å². The number of hydrogen-bond acceptors (Lipinski definition) is 3. The van der Waals surface area contributed by atoms with Crippen LogP contribution in [0, 0.1) is 15.9 Å². The first kappa shape index (κ1) is 14.7. The van der Waals surface area contributed by atoms with E-state index >= 15 is 0 Å². The quantitative estimate of drug-likeness (QED) is 0.434. The zero-order valence-corrected chi connectivity index (χ0v) is 12.3. The van der Waals surface area contributed by atoms with E-state index in [1.165, 1.54) is 30.3 Å². The van der Waals surface area contributed by atoms with Crippen LogP contribution in [0.2, 0.25) is 5.02 Å². The lowest BCUT2D eigenvalue weighted by Gasteiger charge is -2.10. The minimum atomic E-state index is -0.673. The van der Waals surface area contributed by atoms with Crippen LogP contribution in [-0.2, 0) is 5.33 Å². The van der Waals surface area contributed by atoms with Crippen LogP contribution in [0.4, 0.5) is 10.1 Å². The molecule has 0 spiro atoms. The van der Waals surface area contributed by atoms with Gasteiger partial charge in [-0.1, -0.05) is 33.6 Å². The average Bonchev–Trinajstić information content (AvgIpc) is 2.44. The van der Waals surface area contributed by atoms with E-state index in [-0.39, 0.29) is 16.5 Å². The van der Waals surface area contributed by atoms with Crippen molar-refractivity contribution in [3.05, 3.63) is 62.9 Å². The van der Waals surface area contributed by atoms with Gasteiger partial charge in [0.25, 0.3) is 5.69 Å². The van der Waals surface area contributed by atoms with Crippen molar-refractivity contribution in [3.63, 3.8) is 0 Å². The zero-order valence-electron chi connectivity index (χ0n) is 9.98. The Morgan fingerprint density at radius 3 is 2.70 bits per heavy atom. The molecule has 4 nitrogen and oxygen atoms in total. The number of nitro benzene ring substituents is 1. The van der Waals surface area contributed by atoms with Crippen molar-refractivity contribution in [2.75, 3.05) is 0 Å². The molecule has 2 aromatic carbocycles. The Bertz CT molecular complexity index is 666. The molecule has 0 aliphatic rings. The molecule has 0 aliphatic heterocycles. The molecular formula is C13H8BrClFNO3. The van der Waals surface area contributed by atoms with Crippen LogP contribution in [0.5, 0.6) is 11.5 Å². The normalized spacial score (nSPS) is 10.3. The fourth-order valence-corrected chi connectivity index (χ4v) is 2.17. The second-order valence-electron chi connectivity index (χ2n) is 3.84. The van der Waals surface area contributed by atoms with E-state index in [1.54, 1.807) is 6.07 Å². The summed E-state index contributed by atoms with van der Waals surface area (Å²) in [6, 6.07) is 8.48. The van der Waals surface area contributed by atoms with Crippen LogP contribution >= 0.6 is 27.5 Å². The fraction of sp³-hybridized carbons (Fsp3) is 0.0769. The molecule has 0 saturated carbocycles. The second kappa shape index (κ2) is 6.19. The predicted octanol–water partition coefficient (Wildman–Crippen LogP) is 5.07. The van der Waals surface area contributed by atoms with Crippen molar-refractivity contribution in [1.82, 2.24) is 0 Å². The number of ether oxygens (including phenoxy) is 1. The van der Waals surface area contributed by atoms with Crippen LogP contribution in [0.25, 0.3) is 0 Å². The van der Waals surface area contributed by atoms with Crippen LogP contribution < -0.4 is 4.74 Å². The van der Waals surface area contributed by atoms with Crippen molar-refractivity contribution in [2.45, 2.75) is 5.33 Å². The first-order valence-electron chi connectivity index (χ1n) is 5.48. The highest BCUT2D eigenvalue weighted by molar-refractivity contribution is 9.08. The maximum Gasteiger partial charge on any atom is 0.270 e. The van der Waals surface area contributed by atoms with Gasteiger partial charge in [0.1, 0.15) is 5.75 Å². The maximum atomic E-state index is 13.8. The Hall–Kier alpha value is -1.66. The van der Waals surface area contributed by atoms with Crippen LogP contribution in [0.15, 0.2) is 36.4 Å². The molecule has 0 atom stereocenters. The van der Waals surface area contributed by atoms with Crippen LogP contribution in [0.3, 0.4) is 0 Å². The molecule has 0 fully saturated rings. The number of rotatable bonds is 4. The van der Waals surface area contributed by atoms with E-state index in [2.05, 4.69) is 15.9 Å². The highest BCUT2D eigenvalue weighted by atomic mass is 79.9. The summed E-state index contributed by atoms with van der Waals surface area (Å²) in [5.41, 5.74) is 0.483. The molecule has 0 amide bonds. The maximum absolute atomic E-state index is 13.8. The van der Waals surface area contributed by atoms with Gasteiger partial charge in [0.05, 0.1) is 9.95 Å². The summed E-state index contributed by atoms with van der Waals surface area (Å²) in [6.07, 6.45) is 0. The molecule has 20 heavy (non-hydrogen) atoms. The van der Waals surface area contributed by atoms with Gasteiger partial charge in [-0.05, 0) is 18.2 Å².